The second-order valence-corrected chi connectivity index (χ2v) is 4.23. The van der Waals surface area contributed by atoms with Gasteiger partial charge in [-0.15, -0.1) is 0 Å². The number of nitrogens with zero attached hydrogens (tertiary/aromatic N) is 1. The quantitative estimate of drug-likeness (QED) is 0.809. The van der Waals surface area contributed by atoms with Crippen LogP contribution in [0.1, 0.15) is 42.2 Å². The average Bonchev–Trinajstić information content (AvgIpc) is 2.22. The van der Waals surface area contributed by atoms with E-state index in [1.807, 2.05) is 13.0 Å². The normalized spacial score (nSPS) is 15.6. The van der Waals surface area contributed by atoms with E-state index in [0.29, 0.717) is 17.4 Å². The van der Waals surface area contributed by atoms with E-state index in [1.165, 1.54) is 6.42 Å². The van der Waals surface area contributed by atoms with Crippen LogP contribution in [0.2, 0.25) is 0 Å². The summed E-state index contributed by atoms with van der Waals surface area (Å²) in [6.45, 7) is 2.00. The van der Waals surface area contributed by atoms with E-state index >= 15 is 0 Å². The molecule has 1 amide bonds. The Balaban J connectivity index is 2.11. The SMILES string of the molecule is CCc1cc(C(=O)NC2CCC2)cc(N)n1. The molecule has 3 N–H and O–H groups in total. The number of hydrogen-bond acceptors (Lipinski definition) is 3. The summed E-state index contributed by atoms with van der Waals surface area (Å²) in [4.78, 5) is 16.0. The predicted molar refractivity (Wildman–Crippen MR) is 63.1 cm³/mol. The minimum atomic E-state index is -0.0338. The second kappa shape index (κ2) is 4.51. The number of aryl methyl sites for hydroxylation is 1. The first kappa shape index (κ1) is 10.9. The number of nitrogen functional groups attached to an aromatic ring is 1. The fourth-order valence-corrected chi connectivity index (χ4v) is 1.74. The molecule has 4 nitrogen and oxygen atoms in total. The third-order valence-corrected chi connectivity index (χ3v) is 2.96. The van der Waals surface area contributed by atoms with Crippen molar-refractivity contribution >= 4 is 11.7 Å². The lowest BCUT2D eigenvalue weighted by Gasteiger charge is -2.26. The van der Waals surface area contributed by atoms with E-state index in [9.17, 15) is 4.79 Å². The van der Waals surface area contributed by atoms with E-state index in [1.54, 1.807) is 6.07 Å². The van der Waals surface area contributed by atoms with Gasteiger partial charge in [0, 0.05) is 17.3 Å². The Morgan fingerprint density at radius 3 is 2.88 bits per heavy atom. The molecule has 86 valence electrons. The minimum Gasteiger partial charge on any atom is -0.384 e. The monoisotopic (exact) mass is 219 g/mol. The maximum atomic E-state index is 11.9. The zero-order valence-corrected chi connectivity index (χ0v) is 9.49. The summed E-state index contributed by atoms with van der Waals surface area (Å²) in [6.07, 6.45) is 4.18. The molecule has 4 heteroatoms. The van der Waals surface area contributed by atoms with E-state index < -0.39 is 0 Å². The Morgan fingerprint density at radius 1 is 1.56 bits per heavy atom. The number of aromatic nitrogens is 1. The molecule has 1 aliphatic rings. The Morgan fingerprint density at radius 2 is 2.31 bits per heavy atom. The van der Waals surface area contributed by atoms with Gasteiger partial charge in [0.15, 0.2) is 0 Å². The zero-order valence-electron chi connectivity index (χ0n) is 9.49. The highest BCUT2D eigenvalue weighted by Crippen LogP contribution is 2.19. The number of hydrogen-bond donors (Lipinski definition) is 2. The summed E-state index contributed by atoms with van der Waals surface area (Å²) in [7, 11) is 0. The van der Waals surface area contributed by atoms with Gasteiger partial charge < -0.3 is 11.1 Å². The minimum absolute atomic E-state index is 0.0338. The molecule has 0 bridgehead atoms. The van der Waals surface area contributed by atoms with E-state index in [-0.39, 0.29) is 5.91 Å². The van der Waals surface area contributed by atoms with Gasteiger partial charge in [0.1, 0.15) is 5.82 Å². The number of nitrogens with two attached hydrogens (primary N) is 1. The van der Waals surface area contributed by atoms with Crippen LogP contribution in [0.4, 0.5) is 5.82 Å². The van der Waals surface area contributed by atoms with Crippen LogP contribution in [-0.2, 0) is 6.42 Å². The Hall–Kier alpha value is -1.58. The van der Waals surface area contributed by atoms with Gasteiger partial charge in [0.2, 0.25) is 0 Å². The molecule has 1 heterocycles. The largest absolute Gasteiger partial charge is 0.384 e. The van der Waals surface area contributed by atoms with Gasteiger partial charge in [0.25, 0.3) is 5.91 Å². The van der Waals surface area contributed by atoms with Crippen LogP contribution in [0.15, 0.2) is 12.1 Å². The topological polar surface area (TPSA) is 68.0 Å². The first-order valence-corrected chi connectivity index (χ1v) is 5.76. The number of anilines is 1. The Labute approximate surface area is 95.3 Å². The lowest BCUT2D eigenvalue weighted by atomic mass is 9.93. The van der Waals surface area contributed by atoms with Crippen LogP contribution in [0.3, 0.4) is 0 Å². The van der Waals surface area contributed by atoms with Crippen molar-refractivity contribution in [3.8, 4) is 0 Å². The van der Waals surface area contributed by atoms with Crippen LogP contribution in [0, 0.1) is 0 Å². The van der Waals surface area contributed by atoms with E-state index in [0.717, 1.165) is 25.0 Å². The van der Waals surface area contributed by atoms with E-state index in [2.05, 4.69) is 10.3 Å². The molecule has 0 atom stereocenters. The molecule has 0 aromatic carbocycles. The molecule has 16 heavy (non-hydrogen) atoms. The summed E-state index contributed by atoms with van der Waals surface area (Å²) in [5, 5.41) is 2.99. The number of rotatable bonds is 3. The van der Waals surface area contributed by atoms with Crippen molar-refractivity contribution < 1.29 is 4.79 Å². The molecule has 1 aromatic heterocycles. The van der Waals surface area contributed by atoms with Crippen molar-refractivity contribution in [2.24, 2.45) is 0 Å². The highest BCUT2D eigenvalue weighted by molar-refractivity contribution is 5.95. The molecule has 0 spiro atoms. The number of carbonyl (C=O) groups is 1. The molecule has 2 rings (SSSR count). The molecule has 1 aliphatic carbocycles. The van der Waals surface area contributed by atoms with Crippen molar-refractivity contribution in [2.45, 2.75) is 38.6 Å². The first-order valence-electron chi connectivity index (χ1n) is 5.76. The average molecular weight is 219 g/mol. The Bertz CT molecular complexity index is 399. The van der Waals surface area contributed by atoms with Crippen LogP contribution < -0.4 is 11.1 Å². The number of pyridine rings is 1. The number of amides is 1. The van der Waals surface area contributed by atoms with Gasteiger partial charge in [-0.2, -0.15) is 0 Å². The van der Waals surface area contributed by atoms with Gasteiger partial charge in [-0.05, 0) is 37.8 Å². The molecular weight excluding hydrogens is 202 g/mol. The molecule has 0 aliphatic heterocycles. The van der Waals surface area contributed by atoms with E-state index in [4.69, 9.17) is 5.73 Å². The standard InChI is InChI=1S/C12H17N3O/c1-2-9-6-8(7-11(13)14-9)12(16)15-10-4-3-5-10/h6-7,10H,2-5H2,1H3,(H2,13,14)(H,15,16). The van der Waals surface area contributed by atoms with Crippen molar-refractivity contribution in [1.29, 1.82) is 0 Å². The molecule has 1 fully saturated rings. The third kappa shape index (κ3) is 2.32. The summed E-state index contributed by atoms with van der Waals surface area (Å²) in [6, 6.07) is 3.80. The van der Waals surface area contributed by atoms with Crippen molar-refractivity contribution in [3.63, 3.8) is 0 Å². The van der Waals surface area contributed by atoms with Crippen LogP contribution >= 0.6 is 0 Å². The Kier molecular flexibility index (Phi) is 3.08. The molecule has 1 aromatic rings. The fourth-order valence-electron chi connectivity index (χ4n) is 1.74. The second-order valence-electron chi connectivity index (χ2n) is 4.23. The van der Waals surface area contributed by atoms with Gasteiger partial charge >= 0.3 is 0 Å². The molecule has 1 saturated carbocycles. The van der Waals surface area contributed by atoms with Crippen LogP contribution in [0.5, 0.6) is 0 Å². The molecule has 0 saturated heterocycles. The number of carbonyl (C=O) groups excluding carboxylic acids is 1. The fraction of sp³-hybridized carbons (Fsp3) is 0.500. The van der Waals surface area contributed by atoms with Crippen LogP contribution in [0.25, 0.3) is 0 Å². The first-order chi connectivity index (χ1) is 7.69. The van der Waals surface area contributed by atoms with Gasteiger partial charge in [-0.25, -0.2) is 4.98 Å². The van der Waals surface area contributed by atoms with Crippen molar-refractivity contribution in [1.82, 2.24) is 10.3 Å². The lowest BCUT2D eigenvalue weighted by molar-refractivity contribution is 0.0917. The van der Waals surface area contributed by atoms with Gasteiger partial charge in [-0.3, -0.25) is 4.79 Å². The van der Waals surface area contributed by atoms with Crippen molar-refractivity contribution in [3.05, 3.63) is 23.4 Å². The predicted octanol–water partition coefficient (Wildman–Crippen LogP) is 1.51. The smallest absolute Gasteiger partial charge is 0.251 e. The highest BCUT2D eigenvalue weighted by atomic mass is 16.1. The third-order valence-electron chi connectivity index (χ3n) is 2.96. The highest BCUT2D eigenvalue weighted by Gasteiger charge is 2.20. The summed E-state index contributed by atoms with van der Waals surface area (Å²) < 4.78 is 0. The van der Waals surface area contributed by atoms with Crippen molar-refractivity contribution in [2.75, 3.05) is 5.73 Å². The molecule has 0 radical (unpaired) electrons. The van der Waals surface area contributed by atoms with Gasteiger partial charge in [0.05, 0.1) is 0 Å². The summed E-state index contributed by atoms with van der Waals surface area (Å²) in [5.74, 6) is 0.381. The van der Waals surface area contributed by atoms with Crippen LogP contribution in [-0.4, -0.2) is 16.9 Å². The van der Waals surface area contributed by atoms with Gasteiger partial charge in [-0.1, -0.05) is 6.92 Å². The lowest BCUT2D eigenvalue weighted by Crippen LogP contribution is -2.39. The molecular formula is C12H17N3O. The maximum absolute atomic E-state index is 11.9. The summed E-state index contributed by atoms with van der Waals surface area (Å²) in [5.41, 5.74) is 7.14. The molecule has 0 unspecified atom stereocenters. The maximum Gasteiger partial charge on any atom is 0.251 e. The zero-order chi connectivity index (χ0) is 11.5. The summed E-state index contributed by atoms with van der Waals surface area (Å²) >= 11 is 0. The number of nitrogens with one attached hydrogen (secondary N) is 1.